The minimum absolute atomic E-state index is 0.0263. The molecule has 1 aromatic carbocycles. The average molecular weight is 440 g/mol. The van der Waals surface area contributed by atoms with E-state index in [9.17, 15) is 5.11 Å². The van der Waals surface area contributed by atoms with Crippen LogP contribution < -0.4 is 10.9 Å². The zero-order valence-corrected chi connectivity index (χ0v) is 19.1. The second-order valence-electron chi connectivity index (χ2n) is 9.76. The Balaban J connectivity index is 1.31. The Hall–Kier alpha value is -2.22. The van der Waals surface area contributed by atoms with Crippen molar-refractivity contribution in [2.24, 2.45) is 5.92 Å². The summed E-state index contributed by atoms with van der Waals surface area (Å²) in [4.78, 5) is 10.6. The number of nitrogens with one attached hydrogen (secondary N) is 3. The van der Waals surface area contributed by atoms with E-state index in [0.717, 1.165) is 55.0 Å². The van der Waals surface area contributed by atoms with Gasteiger partial charge in [0.25, 0.3) is 0 Å². The highest BCUT2D eigenvalue weighted by Crippen LogP contribution is 2.45. The number of phenolic OH excluding ortho intramolecular Hbond substituents is 1. The Kier molecular flexibility index (Phi) is 5.82. The maximum atomic E-state index is 15.8. The van der Waals surface area contributed by atoms with Crippen molar-refractivity contribution in [3.8, 4) is 5.75 Å². The van der Waals surface area contributed by atoms with E-state index in [2.05, 4.69) is 52.6 Å². The largest absolute Gasteiger partial charge is 0.508 e. The Labute approximate surface area is 189 Å². The number of alkyl halides is 1. The third kappa shape index (κ3) is 3.76. The molecule has 0 amide bonds. The summed E-state index contributed by atoms with van der Waals surface area (Å²) in [6.45, 7) is 8.39. The lowest BCUT2D eigenvalue weighted by Crippen LogP contribution is -2.45. The first-order chi connectivity index (χ1) is 15.5. The number of phenols is 1. The van der Waals surface area contributed by atoms with Crippen molar-refractivity contribution in [3.05, 3.63) is 53.1 Å². The topological polar surface area (TPSA) is 76.2 Å². The van der Waals surface area contributed by atoms with Crippen molar-refractivity contribution < 1.29 is 9.50 Å². The molecule has 7 heteroatoms. The standard InChI is InChI=1S/C25H34FN5O/c1-4-15-11-17(32)5-6-18(15)19-7-8-20-23(22(19)26)29-30-24(20)25-27-12-21(28-25)16-9-10-31(13-16)14(2)3/h5-6,9,11-12,14,19-20,22-24,29-30,32H,4,7-8,10,13H2,1-3H3,(H,27,28). The molecule has 4 N–H and O–H groups in total. The van der Waals surface area contributed by atoms with Gasteiger partial charge in [-0.05, 0) is 61.9 Å². The predicted octanol–water partition coefficient (Wildman–Crippen LogP) is 3.83. The van der Waals surface area contributed by atoms with Gasteiger partial charge in [0.15, 0.2) is 0 Å². The minimum Gasteiger partial charge on any atom is -0.508 e. The van der Waals surface area contributed by atoms with Crippen LogP contribution in [0.3, 0.4) is 0 Å². The van der Waals surface area contributed by atoms with Crippen LogP contribution in [0.25, 0.3) is 5.57 Å². The number of aryl methyl sites for hydroxylation is 1. The number of fused-ring (bicyclic) bond motifs is 1. The summed E-state index contributed by atoms with van der Waals surface area (Å²) >= 11 is 0. The van der Waals surface area contributed by atoms with Gasteiger partial charge < -0.3 is 10.1 Å². The molecule has 1 saturated heterocycles. The van der Waals surface area contributed by atoms with Gasteiger partial charge in [-0.15, -0.1) is 0 Å². The summed E-state index contributed by atoms with van der Waals surface area (Å²) in [7, 11) is 0. The van der Waals surface area contributed by atoms with Gasteiger partial charge in [-0.2, -0.15) is 0 Å². The smallest absolute Gasteiger partial charge is 0.125 e. The molecule has 32 heavy (non-hydrogen) atoms. The fourth-order valence-electron chi connectivity index (χ4n) is 5.73. The Morgan fingerprint density at radius 3 is 2.84 bits per heavy atom. The summed E-state index contributed by atoms with van der Waals surface area (Å²) < 4.78 is 15.8. The number of hydrazine groups is 1. The van der Waals surface area contributed by atoms with E-state index < -0.39 is 6.17 Å². The Morgan fingerprint density at radius 1 is 1.25 bits per heavy atom. The Bertz CT molecular complexity index is 1000. The predicted molar refractivity (Wildman–Crippen MR) is 124 cm³/mol. The molecule has 2 aromatic rings. The highest BCUT2D eigenvalue weighted by Gasteiger charge is 2.48. The van der Waals surface area contributed by atoms with Crippen LogP contribution in [0.1, 0.15) is 68.2 Å². The SMILES string of the molecule is CCc1cc(O)ccc1C1CCC2C(c3ncc(C4=CCN(C(C)C)C4)[nH]3)NNC2C1F. The number of aromatic nitrogens is 2. The lowest BCUT2D eigenvalue weighted by molar-refractivity contribution is 0.135. The number of halogens is 1. The number of hydrogen-bond acceptors (Lipinski definition) is 5. The second kappa shape index (κ2) is 8.61. The van der Waals surface area contributed by atoms with Crippen molar-refractivity contribution in [3.63, 3.8) is 0 Å². The molecule has 6 nitrogen and oxygen atoms in total. The monoisotopic (exact) mass is 439 g/mol. The first kappa shape index (κ1) is 21.6. The molecule has 1 aliphatic carbocycles. The van der Waals surface area contributed by atoms with Crippen molar-refractivity contribution in [2.45, 2.75) is 70.2 Å². The molecule has 5 unspecified atom stereocenters. The first-order valence-corrected chi connectivity index (χ1v) is 11.9. The molecule has 0 spiro atoms. The van der Waals surface area contributed by atoms with Gasteiger partial charge in [0, 0.05) is 31.0 Å². The van der Waals surface area contributed by atoms with Gasteiger partial charge in [-0.25, -0.2) is 14.8 Å². The summed E-state index contributed by atoms with van der Waals surface area (Å²) in [6, 6.07) is 5.60. The molecule has 0 radical (unpaired) electrons. The number of imidazole rings is 1. The third-order valence-corrected chi connectivity index (χ3v) is 7.65. The van der Waals surface area contributed by atoms with Gasteiger partial charge in [-0.1, -0.05) is 19.1 Å². The molecule has 172 valence electrons. The number of benzene rings is 1. The highest BCUT2D eigenvalue weighted by molar-refractivity contribution is 5.66. The zero-order valence-electron chi connectivity index (χ0n) is 19.1. The van der Waals surface area contributed by atoms with Crippen LogP contribution in [0.5, 0.6) is 5.75 Å². The van der Waals surface area contributed by atoms with Crippen LogP contribution >= 0.6 is 0 Å². The van der Waals surface area contributed by atoms with E-state index in [0.29, 0.717) is 6.04 Å². The summed E-state index contributed by atoms with van der Waals surface area (Å²) in [5, 5.41) is 9.83. The van der Waals surface area contributed by atoms with Crippen LogP contribution in [-0.4, -0.2) is 51.3 Å². The van der Waals surface area contributed by atoms with Crippen LogP contribution in [0.4, 0.5) is 4.39 Å². The lowest BCUT2D eigenvalue weighted by Gasteiger charge is -2.36. The third-order valence-electron chi connectivity index (χ3n) is 7.65. The number of aromatic amines is 1. The minimum atomic E-state index is -0.993. The van der Waals surface area contributed by atoms with Crippen LogP contribution in [-0.2, 0) is 6.42 Å². The van der Waals surface area contributed by atoms with E-state index in [4.69, 9.17) is 0 Å². The molecular weight excluding hydrogens is 405 g/mol. The van der Waals surface area contributed by atoms with Gasteiger partial charge >= 0.3 is 0 Å². The van der Waals surface area contributed by atoms with Crippen molar-refractivity contribution >= 4 is 5.57 Å². The van der Waals surface area contributed by atoms with Crippen molar-refractivity contribution in [1.82, 2.24) is 25.7 Å². The molecule has 5 rings (SSSR count). The van der Waals surface area contributed by atoms with E-state index >= 15 is 4.39 Å². The molecule has 0 bridgehead atoms. The molecule has 3 aliphatic rings. The Morgan fingerprint density at radius 2 is 2.09 bits per heavy atom. The summed E-state index contributed by atoms with van der Waals surface area (Å²) in [5.41, 5.74) is 11.0. The summed E-state index contributed by atoms with van der Waals surface area (Å²) in [5.74, 6) is 1.12. The second-order valence-corrected chi connectivity index (χ2v) is 9.76. The number of hydrogen-bond donors (Lipinski definition) is 4. The fourth-order valence-corrected chi connectivity index (χ4v) is 5.73. The zero-order chi connectivity index (χ0) is 22.4. The van der Waals surface area contributed by atoms with E-state index in [1.54, 1.807) is 12.1 Å². The van der Waals surface area contributed by atoms with E-state index in [1.165, 1.54) is 5.57 Å². The lowest BCUT2D eigenvalue weighted by atomic mass is 9.71. The van der Waals surface area contributed by atoms with Gasteiger partial charge in [0.05, 0.1) is 24.0 Å². The van der Waals surface area contributed by atoms with E-state index in [1.807, 2.05) is 12.3 Å². The van der Waals surface area contributed by atoms with Gasteiger partial charge in [-0.3, -0.25) is 10.3 Å². The average Bonchev–Trinajstić information content (AvgIpc) is 3.52. The quantitative estimate of drug-likeness (QED) is 0.570. The molecular formula is C25H34FN5O. The maximum absolute atomic E-state index is 15.8. The van der Waals surface area contributed by atoms with Crippen LogP contribution in [0.2, 0.25) is 0 Å². The molecule has 1 saturated carbocycles. The first-order valence-electron chi connectivity index (χ1n) is 11.9. The number of rotatable bonds is 5. The number of aromatic hydroxyl groups is 1. The normalized spacial score (nSPS) is 30.7. The molecule has 1 aromatic heterocycles. The molecule has 2 aliphatic heterocycles. The highest BCUT2D eigenvalue weighted by atomic mass is 19.1. The van der Waals surface area contributed by atoms with Gasteiger partial charge in [0.1, 0.15) is 17.7 Å². The van der Waals surface area contributed by atoms with Crippen molar-refractivity contribution in [1.29, 1.82) is 0 Å². The molecule has 5 atom stereocenters. The van der Waals surface area contributed by atoms with E-state index in [-0.39, 0.29) is 29.7 Å². The van der Waals surface area contributed by atoms with Crippen LogP contribution in [0.15, 0.2) is 30.5 Å². The maximum Gasteiger partial charge on any atom is 0.125 e. The summed E-state index contributed by atoms with van der Waals surface area (Å²) in [6.07, 6.45) is 5.70. The van der Waals surface area contributed by atoms with Crippen LogP contribution in [0, 0.1) is 5.92 Å². The molecule has 2 fully saturated rings. The fraction of sp³-hybridized carbons (Fsp3) is 0.560. The molecule has 3 heterocycles. The van der Waals surface area contributed by atoms with Gasteiger partial charge in [0.2, 0.25) is 0 Å². The number of H-pyrrole nitrogens is 1. The van der Waals surface area contributed by atoms with Crippen molar-refractivity contribution in [2.75, 3.05) is 13.1 Å². The number of nitrogens with zero attached hydrogens (tertiary/aromatic N) is 2.